The molecular weight excluding hydrogens is 375 g/mol. The van der Waals surface area contributed by atoms with Crippen molar-refractivity contribution in [3.05, 3.63) is 0 Å². The smallest absolute Gasteiger partial charge is 0.237 e. The Morgan fingerprint density at radius 3 is 2.23 bits per heavy atom. The molecule has 8 heteroatoms. The molecule has 0 aromatic rings. The van der Waals surface area contributed by atoms with Crippen molar-refractivity contribution >= 4 is 36.6 Å². The summed E-state index contributed by atoms with van der Waals surface area (Å²) < 4.78 is 0. The van der Waals surface area contributed by atoms with Crippen LogP contribution in [0.3, 0.4) is 0 Å². The average Bonchev–Trinajstić information content (AvgIpc) is 3.37. The lowest BCUT2D eigenvalue weighted by Crippen LogP contribution is -2.59. The van der Waals surface area contributed by atoms with Crippen LogP contribution < -0.4 is 11.1 Å². The van der Waals surface area contributed by atoms with E-state index in [0.717, 1.165) is 51.6 Å². The quantitative estimate of drug-likeness (QED) is 0.739. The predicted octanol–water partition coefficient (Wildman–Crippen LogP) is 1.55. The van der Waals surface area contributed by atoms with Gasteiger partial charge in [-0.25, -0.2) is 0 Å². The summed E-state index contributed by atoms with van der Waals surface area (Å²) in [6, 6.07) is 0.286. The number of nitrogens with zero attached hydrogens (tertiary/aromatic N) is 2. The third-order valence-electron chi connectivity index (χ3n) is 6.03. The lowest BCUT2D eigenvalue weighted by molar-refractivity contribution is -0.141. The van der Waals surface area contributed by atoms with Crippen LogP contribution in [0, 0.1) is 5.92 Å². The Bertz CT molecular complexity index is 492. The van der Waals surface area contributed by atoms with E-state index in [1.165, 1.54) is 0 Å². The van der Waals surface area contributed by atoms with Gasteiger partial charge in [0.15, 0.2) is 0 Å². The molecule has 152 valence electrons. The van der Waals surface area contributed by atoms with Crippen LogP contribution in [0.15, 0.2) is 0 Å². The Kier molecular flexibility index (Phi) is 8.65. The lowest BCUT2D eigenvalue weighted by Gasteiger charge is -2.43. The van der Waals surface area contributed by atoms with E-state index in [1.54, 1.807) is 0 Å². The maximum atomic E-state index is 12.9. The van der Waals surface area contributed by atoms with E-state index in [4.69, 9.17) is 5.73 Å². The van der Waals surface area contributed by atoms with Crippen molar-refractivity contribution in [2.75, 3.05) is 26.2 Å². The van der Waals surface area contributed by atoms with Gasteiger partial charge in [0.05, 0.1) is 12.0 Å². The molecule has 0 aromatic carbocycles. The molecule has 6 nitrogen and oxygen atoms in total. The van der Waals surface area contributed by atoms with Gasteiger partial charge in [0.25, 0.3) is 0 Å². The van der Waals surface area contributed by atoms with Crippen LogP contribution in [0.5, 0.6) is 0 Å². The Balaban J connectivity index is 0.00000169. The van der Waals surface area contributed by atoms with Gasteiger partial charge in [-0.3, -0.25) is 14.5 Å². The maximum Gasteiger partial charge on any atom is 0.237 e. The minimum atomic E-state index is -0.371. The Hall–Kier alpha value is -0.560. The van der Waals surface area contributed by atoms with Crippen molar-refractivity contribution in [3.8, 4) is 0 Å². The topological polar surface area (TPSA) is 78.7 Å². The summed E-state index contributed by atoms with van der Waals surface area (Å²) in [5.74, 6) is 0.293. The Morgan fingerprint density at radius 2 is 1.69 bits per heavy atom. The van der Waals surface area contributed by atoms with Crippen molar-refractivity contribution in [3.63, 3.8) is 0 Å². The number of nitrogens with one attached hydrogen (secondary N) is 1. The lowest BCUT2D eigenvalue weighted by atomic mass is 9.74. The largest absolute Gasteiger partial charge is 0.352 e. The van der Waals surface area contributed by atoms with Gasteiger partial charge in [0.1, 0.15) is 0 Å². The van der Waals surface area contributed by atoms with E-state index >= 15 is 0 Å². The number of hydrogen-bond donors (Lipinski definition) is 2. The third kappa shape index (κ3) is 5.47. The summed E-state index contributed by atoms with van der Waals surface area (Å²) in [6.07, 6.45) is 6.29. The number of carbonyl (C=O) groups is 2. The van der Waals surface area contributed by atoms with E-state index in [1.807, 2.05) is 18.7 Å². The summed E-state index contributed by atoms with van der Waals surface area (Å²) in [6.45, 7) is 6.92. The van der Waals surface area contributed by atoms with Crippen LogP contribution in [0.2, 0.25) is 0 Å². The second kappa shape index (κ2) is 9.58. The molecule has 0 bridgehead atoms. The zero-order valence-corrected chi connectivity index (χ0v) is 17.5. The highest BCUT2D eigenvalue weighted by molar-refractivity contribution is 5.85. The van der Waals surface area contributed by atoms with Gasteiger partial charge in [-0.1, -0.05) is 12.8 Å². The highest BCUT2D eigenvalue weighted by atomic mass is 35.5. The molecule has 0 radical (unpaired) electrons. The molecule has 2 saturated carbocycles. The van der Waals surface area contributed by atoms with Gasteiger partial charge in [0.2, 0.25) is 11.8 Å². The number of carbonyl (C=O) groups excluding carboxylic acids is 2. The number of nitrogens with two attached hydrogens (primary N) is 1. The monoisotopic (exact) mass is 408 g/mol. The first kappa shape index (κ1) is 23.5. The third-order valence-corrected chi connectivity index (χ3v) is 6.03. The summed E-state index contributed by atoms with van der Waals surface area (Å²) in [4.78, 5) is 29.2. The van der Waals surface area contributed by atoms with Gasteiger partial charge in [-0.15, -0.1) is 24.8 Å². The first-order valence-electron chi connectivity index (χ1n) is 9.50. The molecule has 1 heterocycles. The van der Waals surface area contributed by atoms with Crippen molar-refractivity contribution in [2.24, 2.45) is 11.7 Å². The highest BCUT2D eigenvalue weighted by Crippen LogP contribution is 2.33. The number of amides is 2. The molecule has 1 aliphatic heterocycles. The molecular formula is C18H34Cl2N4O2. The summed E-state index contributed by atoms with van der Waals surface area (Å²) in [5, 5.41) is 3.07. The van der Waals surface area contributed by atoms with Crippen molar-refractivity contribution < 1.29 is 9.59 Å². The molecule has 0 aromatic heterocycles. The zero-order valence-electron chi connectivity index (χ0n) is 15.9. The normalized spacial score (nSPS) is 30.6. The number of halogens is 2. The van der Waals surface area contributed by atoms with Crippen molar-refractivity contribution in [1.82, 2.24) is 15.1 Å². The molecule has 3 fully saturated rings. The first-order valence-corrected chi connectivity index (χ1v) is 9.50. The van der Waals surface area contributed by atoms with Crippen molar-refractivity contribution in [1.29, 1.82) is 0 Å². The molecule has 3 rings (SSSR count). The predicted molar refractivity (Wildman–Crippen MR) is 108 cm³/mol. The summed E-state index contributed by atoms with van der Waals surface area (Å²) >= 11 is 0. The van der Waals surface area contributed by atoms with Crippen LogP contribution in [0.25, 0.3) is 0 Å². The Labute approximate surface area is 169 Å². The number of hydrogen-bond acceptors (Lipinski definition) is 4. The molecule has 3 atom stereocenters. The van der Waals surface area contributed by atoms with E-state index < -0.39 is 0 Å². The standard InChI is InChI=1S/C18H32N4O2.2ClH/c1-13(16(23)20-14-6-7-14)21-9-11-22(12-10-21)17(24)15-5-3-4-8-18(15,2)19;;/h13-15H,3-12,19H2,1-2H3,(H,20,23);2*1H. The summed E-state index contributed by atoms with van der Waals surface area (Å²) in [7, 11) is 0. The SMILES string of the molecule is CC(C(=O)NC1CC1)N1CCN(C(=O)C2CCCCC2(C)N)CC1.Cl.Cl. The van der Waals surface area contributed by atoms with Crippen LogP contribution in [-0.2, 0) is 9.59 Å². The second-order valence-electron chi connectivity index (χ2n) is 8.12. The molecule has 26 heavy (non-hydrogen) atoms. The fourth-order valence-electron chi connectivity index (χ4n) is 4.03. The van der Waals surface area contributed by atoms with Crippen molar-refractivity contribution in [2.45, 2.75) is 70.0 Å². The number of rotatable bonds is 4. The van der Waals surface area contributed by atoms with E-state index in [0.29, 0.717) is 19.1 Å². The van der Waals surface area contributed by atoms with E-state index in [9.17, 15) is 9.59 Å². The van der Waals surface area contributed by atoms with Gasteiger partial charge >= 0.3 is 0 Å². The van der Waals surface area contributed by atoms with Crippen LogP contribution in [-0.4, -0.2) is 65.4 Å². The fraction of sp³-hybridized carbons (Fsp3) is 0.889. The fourth-order valence-corrected chi connectivity index (χ4v) is 4.03. The minimum absolute atomic E-state index is 0. The molecule has 3 aliphatic rings. The van der Waals surface area contributed by atoms with E-state index in [-0.39, 0.29) is 54.1 Å². The van der Waals surface area contributed by atoms with Gasteiger partial charge in [-0.05, 0) is 39.5 Å². The van der Waals surface area contributed by atoms with Crippen LogP contribution in [0.1, 0.15) is 52.4 Å². The first-order chi connectivity index (χ1) is 11.4. The second-order valence-corrected chi connectivity index (χ2v) is 8.12. The summed E-state index contributed by atoms with van der Waals surface area (Å²) in [5.41, 5.74) is 6.02. The molecule has 0 spiro atoms. The Morgan fingerprint density at radius 1 is 1.08 bits per heavy atom. The zero-order chi connectivity index (χ0) is 17.3. The number of piperazine rings is 1. The van der Waals surface area contributed by atoms with E-state index in [2.05, 4.69) is 10.2 Å². The van der Waals surface area contributed by atoms with Crippen LogP contribution >= 0.6 is 24.8 Å². The van der Waals surface area contributed by atoms with Crippen LogP contribution in [0.4, 0.5) is 0 Å². The minimum Gasteiger partial charge on any atom is -0.352 e. The van der Waals surface area contributed by atoms with Gasteiger partial charge in [-0.2, -0.15) is 0 Å². The molecule has 3 unspecified atom stereocenters. The molecule has 2 amide bonds. The molecule has 3 N–H and O–H groups in total. The van der Waals surface area contributed by atoms with Gasteiger partial charge in [0, 0.05) is 37.8 Å². The average molecular weight is 409 g/mol. The maximum absolute atomic E-state index is 12.9. The highest BCUT2D eigenvalue weighted by Gasteiger charge is 2.40. The molecule has 1 saturated heterocycles. The molecule has 2 aliphatic carbocycles. The van der Waals surface area contributed by atoms with Gasteiger partial charge < -0.3 is 16.0 Å².